The van der Waals surface area contributed by atoms with Crippen molar-refractivity contribution < 1.29 is 4.74 Å². The minimum Gasteiger partial charge on any atom is -0.373 e. The molecular weight excluding hydrogens is 258 g/mol. The fourth-order valence-corrected chi connectivity index (χ4v) is 3.52. The van der Waals surface area contributed by atoms with Gasteiger partial charge in [0.05, 0.1) is 18.2 Å². The molecule has 0 aliphatic heterocycles. The maximum Gasteiger partial charge on any atom is 0.0745 e. The Morgan fingerprint density at radius 2 is 1.95 bits per heavy atom. The van der Waals surface area contributed by atoms with Gasteiger partial charge in [-0.15, -0.1) is 0 Å². The monoisotopic (exact) mass is 289 g/mol. The number of rotatable bonds is 6. The first-order valence-electron chi connectivity index (χ1n) is 8.55. The molecule has 0 bridgehead atoms. The Morgan fingerprint density at radius 1 is 1.24 bits per heavy atom. The van der Waals surface area contributed by atoms with Gasteiger partial charge in [0.1, 0.15) is 0 Å². The number of hydrogen-bond acceptors (Lipinski definition) is 2. The summed E-state index contributed by atoms with van der Waals surface area (Å²) in [5, 5.41) is 3.43. The van der Waals surface area contributed by atoms with Crippen molar-refractivity contribution in [3.8, 4) is 0 Å². The molecule has 0 amide bonds. The van der Waals surface area contributed by atoms with Crippen LogP contribution >= 0.6 is 0 Å². The van der Waals surface area contributed by atoms with E-state index in [4.69, 9.17) is 4.74 Å². The molecule has 2 heteroatoms. The second-order valence-corrected chi connectivity index (χ2v) is 6.60. The minimum atomic E-state index is 0.206. The van der Waals surface area contributed by atoms with Crippen LogP contribution in [0.25, 0.3) is 0 Å². The van der Waals surface area contributed by atoms with Gasteiger partial charge in [0.25, 0.3) is 0 Å². The van der Waals surface area contributed by atoms with E-state index in [1.54, 1.807) is 0 Å². The topological polar surface area (TPSA) is 21.3 Å². The number of aryl methyl sites for hydroxylation is 1. The molecule has 4 unspecified atom stereocenters. The van der Waals surface area contributed by atoms with Gasteiger partial charge in [0.2, 0.25) is 0 Å². The third-order valence-electron chi connectivity index (χ3n) is 4.82. The summed E-state index contributed by atoms with van der Waals surface area (Å²) in [4.78, 5) is 0. The van der Waals surface area contributed by atoms with E-state index in [9.17, 15) is 0 Å². The van der Waals surface area contributed by atoms with E-state index in [2.05, 4.69) is 50.4 Å². The molecule has 1 aliphatic rings. The van der Waals surface area contributed by atoms with Gasteiger partial charge in [-0.25, -0.2) is 0 Å². The van der Waals surface area contributed by atoms with Crippen LogP contribution < -0.4 is 5.32 Å². The smallest absolute Gasteiger partial charge is 0.0745 e. The van der Waals surface area contributed by atoms with E-state index in [1.807, 2.05) is 7.05 Å². The summed E-state index contributed by atoms with van der Waals surface area (Å²) in [6, 6.07) is 9.21. The summed E-state index contributed by atoms with van der Waals surface area (Å²) < 4.78 is 6.36. The summed E-state index contributed by atoms with van der Waals surface area (Å²) in [7, 11) is 2.03. The molecule has 118 valence electrons. The van der Waals surface area contributed by atoms with Crippen molar-refractivity contribution in [1.82, 2.24) is 5.32 Å². The third kappa shape index (κ3) is 4.55. The third-order valence-corrected chi connectivity index (χ3v) is 4.82. The lowest BCUT2D eigenvalue weighted by Gasteiger charge is -2.32. The molecule has 1 saturated carbocycles. The number of likely N-dealkylation sites (N-methyl/N-ethyl adjacent to an activating group) is 1. The molecule has 0 saturated heterocycles. The predicted octanol–water partition coefficient (Wildman–Crippen LogP) is 4.49. The van der Waals surface area contributed by atoms with Gasteiger partial charge < -0.3 is 10.1 Å². The van der Waals surface area contributed by atoms with Gasteiger partial charge in [-0.3, -0.25) is 0 Å². The van der Waals surface area contributed by atoms with Crippen molar-refractivity contribution >= 4 is 0 Å². The van der Waals surface area contributed by atoms with Gasteiger partial charge in [0.15, 0.2) is 0 Å². The van der Waals surface area contributed by atoms with Crippen LogP contribution in [0.5, 0.6) is 0 Å². The zero-order valence-electron chi connectivity index (χ0n) is 14.1. The van der Waals surface area contributed by atoms with Crippen LogP contribution in [0.2, 0.25) is 0 Å². The lowest BCUT2D eigenvalue weighted by atomic mass is 9.88. The second-order valence-electron chi connectivity index (χ2n) is 6.60. The van der Waals surface area contributed by atoms with Gasteiger partial charge in [-0.1, -0.05) is 51.0 Å². The SMILES string of the molecule is CCc1ccc(C(NC)C(C)OC2CCCC(C)C2)cc1. The minimum absolute atomic E-state index is 0.206. The van der Waals surface area contributed by atoms with Crippen LogP contribution in [0.3, 0.4) is 0 Å². The van der Waals surface area contributed by atoms with Crippen LogP contribution in [0, 0.1) is 5.92 Å². The fourth-order valence-electron chi connectivity index (χ4n) is 3.52. The van der Waals surface area contributed by atoms with Crippen LogP contribution in [-0.2, 0) is 11.2 Å². The number of benzene rings is 1. The summed E-state index contributed by atoms with van der Waals surface area (Å²) in [6.07, 6.45) is 6.86. The van der Waals surface area contributed by atoms with Crippen molar-refractivity contribution in [3.05, 3.63) is 35.4 Å². The second kappa shape index (κ2) is 7.95. The number of nitrogens with one attached hydrogen (secondary N) is 1. The quantitative estimate of drug-likeness (QED) is 0.833. The Hall–Kier alpha value is -0.860. The molecule has 4 atom stereocenters. The molecule has 21 heavy (non-hydrogen) atoms. The molecule has 1 aliphatic carbocycles. The van der Waals surface area contributed by atoms with Crippen LogP contribution in [0.4, 0.5) is 0 Å². The normalized spacial score (nSPS) is 25.5. The van der Waals surface area contributed by atoms with Crippen LogP contribution in [0.15, 0.2) is 24.3 Å². The van der Waals surface area contributed by atoms with E-state index in [0.29, 0.717) is 6.10 Å². The zero-order valence-corrected chi connectivity index (χ0v) is 14.1. The lowest BCUT2D eigenvalue weighted by molar-refractivity contribution is -0.0454. The lowest BCUT2D eigenvalue weighted by Crippen LogP contribution is -2.34. The first-order valence-corrected chi connectivity index (χ1v) is 8.55. The molecule has 0 radical (unpaired) electrons. The summed E-state index contributed by atoms with van der Waals surface area (Å²) in [5.74, 6) is 0.813. The molecule has 1 fully saturated rings. The van der Waals surface area contributed by atoms with E-state index in [-0.39, 0.29) is 12.1 Å². The van der Waals surface area contributed by atoms with E-state index in [0.717, 1.165) is 12.3 Å². The zero-order chi connectivity index (χ0) is 15.2. The van der Waals surface area contributed by atoms with Crippen molar-refractivity contribution in [2.24, 2.45) is 5.92 Å². The van der Waals surface area contributed by atoms with E-state index in [1.165, 1.54) is 36.8 Å². The van der Waals surface area contributed by atoms with Gasteiger partial charge >= 0.3 is 0 Å². The maximum absolute atomic E-state index is 6.36. The predicted molar refractivity (Wildman–Crippen MR) is 89.6 cm³/mol. The van der Waals surface area contributed by atoms with Crippen molar-refractivity contribution in [3.63, 3.8) is 0 Å². The largest absolute Gasteiger partial charge is 0.373 e. The Labute approximate surface area is 130 Å². The highest BCUT2D eigenvalue weighted by molar-refractivity contribution is 5.25. The van der Waals surface area contributed by atoms with Crippen molar-refractivity contribution in [1.29, 1.82) is 0 Å². The van der Waals surface area contributed by atoms with Crippen LogP contribution in [0.1, 0.15) is 63.6 Å². The Bertz CT molecular complexity index is 414. The molecular formula is C19H31NO. The standard InChI is InChI=1S/C19H31NO/c1-5-16-9-11-17(12-10-16)19(20-4)15(3)21-18-8-6-7-14(2)13-18/h9-12,14-15,18-20H,5-8,13H2,1-4H3. The van der Waals surface area contributed by atoms with Gasteiger partial charge in [-0.05, 0) is 50.3 Å². The molecule has 2 nitrogen and oxygen atoms in total. The van der Waals surface area contributed by atoms with Crippen molar-refractivity contribution in [2.75, 3.05) is 7.05 Å². The highest BCUT2D eigenvalue weighted by atomic mass is 16.5. The fraction of sp³-hybridized carbons (Fsp3) is 0.684. The molecule has 0 heterocycles. The Morgan fingerprint density at radius 3 is 2.52 bits per heavy atom. The molecule has 1 aromatic rings. The number of ether oxygens (including phenoxy) is 1. The molecule has 1 aromatic carbocycles. The highest BCUT2D eigenvalue weighted by Gasteiger charge is 2.25. The first-order chi connectivity index (χ1) is 10.1. The molecule has 0 spiro atoms. The average molecular weight is 289 g/mol. The van der Waals surface area contributed by atoms with E-state index >= 15 is 0 Å². The van der Waals surface area contributed by atoms with E-state index < -0.39 is 0 Å². The summed E-state index contributed by atoms with van der Waals surface area (Å²) >= 11 is 0. The average Bonchev–Trinajstić information content (AvgIpc) is 2.48. The van der Waals surface area contributed by atoms with Gasteiger partial charge in [-0.2, -0.15) is 0 Å². The Balaban J connectivity index is 1.98. The summed E-state index contributed by atoms with van der Waals surface area (Å²) in [5.41, 5.74) is 2.72. The van der Waals surface area contributed by atoms with Gasteiger partial charge in [0, 0.05) is 0 Å². The summed E-state index contributed by atoms with van der Waals surface area (Å²) in [6.45, 7) is 6.74. The molecule has 0 aromatic heterocycles. The molecule has 2 rings (SSSR count). The van der Waals surface area contributed by atoms with Crippen molar-refractivity contribution in [2.45, 2.75) is 71.1 Å². The Kier molecular flexibility index (Phi) is 6.25. The maximum atomic E-state index is 6.36. The number of hydrogen-bond donors (Lipinski definition) is 1. The molecule has 1 N–H and O–H groups in total. The highest BCUT2D eigenvalue weighted by Crippen LogP contribution is 2.29. The first kappa shape index (κ1) is 16.5. The van der Waals surface area contributed by atoms with Crippen LogP contribution in [-0.4, -0.2) is 19.3 Å².